The molecule has 0 aromatic heterocycles. The lowest BCUT2D eigenvalue weighted by Gasteiger charge is -2.23. The number of rotatable bonds is 4. The molecule has 3 aromatic rings. The summed E-state index contributed by atoms with van der Waals surface area (Å²) in [5.41, 5.74) is 2.44. The lowest BCUT2D eigenvalue weighted by atomic mass is 10.2. The van der Waals surface area contributed by atoms with E-state index in [0.29, 0.717) is 48.9 Å². The van der Waals surface area contributed by atoms with Crippen LogP contribution in [0.5, 0.6) is 11.5 Å². The fourth-order valence-electron chi connectivity index (χ4n) is 3.67. The van der Waals surface area contributed by atoms with Crippen molar-refractivity contribution in [1.29, 1.82) is 0 Å². The monoisotopic (exact) mass is 429 g/mol. The first-order valence-electron chi connectivity index (χ1n) is 10.8. The Labute approximate surface area is 188 Å². The Bertz CT molecular complexity index is 1070. The molecule has 1 N–H and O–H groups in total. The number of carbonyl (C=O) groups is 2. The minimum atomic E-state index is -0.195. The number of ether oxygens (including phenoxy) is 1. The predicted octanol–water partition coefficient (Wildman–Crippen LogP) is 5.17. The number of carbonyl (C=O) groups excluding carboxylic acids is 2. The van der Waals surface area contributed by atoms with Crippen LogP contribution in [0.25, 0.3) is 0 Å². The van der Waals surface area contributed by atoms with Crippen LogP contribution in [0.4, 0.5) is 10.5 Å². The Morgan fingerprint density at radius 1 is 0.781 bits per heavy atom. The molecule has 0 saturated carbocycles. The second-order valence-corrected chi connectivity index (χ2v) is 7.84. The molecule has 0 spiro atoms. The number of para-hydroxylation sites is 2. The van der Waals surface area contributed by atoms with Gasteiger partial charge in [-0.25, -0.2) is 4.79 Å². The van der Waals surface area contributed by atoms with Crippen LogP contribution in [-0.4, -0.2) is 47.9 Å². The molecule has 1 aliphatic heterocycles. The minimum absolute atomic E-state index is 0.00435. The molecule has 1 aliphatic rings. The van der Waals surface area contributed by atoms with Gasteiger partial charge in [0.05, 0.1) is 5.69 Å². The van der Waals surface area contributed by atoms with Crippen LogP contribution in [0, 0.1) is 6.92 Å². The van der Waals surface area contributed by atoms with Gasteiger partial charge in [0.1, 0.15) is 5.75 Å². The van der Waals surface area contributed by atoms with Crippen molar-refractivity contribution in [3.8, 4) is 11.5 Å². The molecule has 1 saturated heterocycles. The van der Waals surface area contributed by atoms with Gasteiger partial charge in [0.25, 0.3) is 5.91 Å². The summed E-state index contributed by atoms with van der Waals surface area (Å²) < 4.78 is 5.99. The molecule has 3 aromatic carbocycles. The smallest absolute Gasteiger partial charge is 0.322 e. The summed E-state index contributed by atoms with van der Waals surface area (Å²) in [5.74, 6) is 1.30. The van der Waals surface area contributed by atoms with Crippen LogP contribution in [0.1, 0.15) is 22.3 Å². The Hall–Kier alpha value is -3.80. The third-order valence-corrected chi connectivity index (χ3v) is 5.47. The van der Waals surface area contributed by atoms with E-state index in [1.807, 2.05) is 90.7 Å². The predicted molar refractivity (Wildman–Crippen MR) is 125 cm³/mol. The summed E-state index contributed by atoms with van der Waals surface area (Å²) in [6, 6.07) is 24.2. The zero-order chi connectivity index (χ0) is 22.3. The molecule has 1 heterocycles. The van der Waals surface area contributed by atoms with Crippen molar-refractivity contribution in [2.24, 2.45) is 0 Å². The minimum Gasteiger partial charge on any atom is -0.455 e. The number of hydrogen-bond donors (Lipinski definition) is 1. The van der Waals surface area contributed by atoms with Gasteiger partial charge in [-0.2, -0.15) is 0 Å². The van der Waals surface area contributed by atoms with E-state index in [1.54, 1.807) is 4.90 Å². The average molecular weight is 430 g/mol. The van der Waals surface area contributed by atoms with E-state index >= 15 is 0 Å². The van der Waals surface area contributed by atoms with Gasteiger partial charge in [0, 0.05) is 31.7 Å². The average Bonchev–Trinajstić information content (AvgIpc) is 3.08. The second-order valence-electron chi connectivity index (χ2n) is 7.84. The highest BCUT2D eigenvalue weighted by atomic mass is 16.5. The Morgan fingerprint density at radius 3 is 2.22 bits per heavy atom. The Kier molecular flexibility index (Phi) is 6.70. The lowest BCUT2D eigenvalue weighted by molar-refractivity contribution is 0.0762. The van der Waals surface area contributed by atoms with Crippen molar-refractivity contribution in [1.82, 2.24) is 9.80 Å². The third-order valence-electron chi connectivity index (χ3n) is 5.47. The molecule has 3 amide bonds. The van der Waals surface area contributed by atoms with E-state index in [4.69, 9.17) is 4.74 Å². The zero-order valence-electron chi connectivity index (χ0n) is 18.2. The first-order chi connectivity index (χ1) is 15.6. The molecule has 0 unspecified atom stereocenters. The summed E-state index contributed by atoms with van der Waals surface area (Å²) in [7, 11) is 0. The maximum Gasteiger partial charge on any atom is 0.322 e. The highest BCUT2D eigenvalue weighted by molar-refractivity contribution is 5.94. The van der Waals surface area contributed by atoms with Crippen molar-refractivity contribution in [3.63, 3.8) is 0 Å². The molecule has 1 fully saturated rings. The van der Waals surface area contributed by atoms with E-state index < -0.39 is 0 Å². The van der Waals surface area contributed by atoms with Crippen molar-refractivity contribution in [2.45, 2.75) is 13.3 Å². The standard InChI is InChI=1S/C26H27N3O3/c1-20-12-14-22(15-13-20)32-24-11-6-5-10-23(24)27-26(31)29-17-7-16-28(18-19-29)25(30)21-8-3-2-4-9-21/h2-6,8-15H,7,16-19H2,1H3,(H,27,31). The second kappa shape index (κ2) is 10.0. The van der Waals surface area contributed by atoms with Crippen molar-refractivity contribution < 1.29 is 14.3 Å². The van der Waals surface area contributed by atoms with Gasteiger partial charge in [-0.15, -0.1) is 0 Å². The molecule has 164 valence electrons. The van der Waals surface area contributed by atoms with Crippen molar-refractivity contribution in [2.75, 3.05) is 31.5 Å². The topological polar surface area (TPSA) is 61.9 Å². The molecule has 0 radical (unpaired) electrons. The van der Waals surface area contributed by atoms with E-state index in [1.165, 1.54) is 0 Å². The molecule has 0 aliphatic carbocycles. The number of benzene rings is 3. The highest BCUT2D eigenvalue weighted by Crippen LogP contribution is 2.29. The fourth-order valence-corrected chi connectivity index (χ4v) is 3.67. The van der Waals surface area contributed by atoms with Crippen LogP contribution in [0.2, 0.25) is 0 Å². The largest absolute Gasteiger partial charge is 0.455 e. The number of urea groups is 1. The fraction of sp³-hybridized carbons (Fsp3) is 0.231. The van der Waals surface area contributed by atoms with E-state index in [2.05, 4.69) is 5.32 Å². The van der Waals surface area contributed by atoms with Gasteiger partial charge in [0.2, 0.25) is 0 Å². The molecule has 6 heteroatoms. The summed E-state index contributed by atoms with van der Waals surface area (Å²) in [5, 5.41) is 2.97. The van der Waals surface area contributed by atoms with Crippen molar-refractivity contribution >= 4 is 17.6 Å². The highest BCUT2D eigenvalue weighted by Gasteiger charge is 2.23. The Morgan fingerprint density at radius 2 is 1.44 bits per heavy atom. The number of nitrogens with one attached hydrogen (secondary N) is 1. The Balaban J connectivity index is 1.39. The molecule has 0 bridgehead atoms. The first kappa shape index (κ1) is 21.4. The van der Waals surface area contributed by atoms with Gasteiger partial charge in [-0.3, -0.25) is 4.79 Å². The van der Waals surface area contributed by atoms with Gasteiger partial charge < -0.3 is 19.9 Å². The van der Waals surface area contributed by atoms with Crippen LogP contribution in [0.15, 0.2) is 78.9 Å². The van der Waals surface area contributed by atoms with Gasteiger partial charge in [0.15, 0.2) is 5.75 Å². The van der Waals surface area contributed by atoms with Crippen LogP contribution < -0.4 is 10.1 Å². The lowest BCUT2D eigenvalue weighted by Crippen LogP contribution is -2.39. The molecule has 6 nitrogen and oxygen atoms in total. The number of amides is 3. The van der Waals surface area contributed by atoms with Gasteiger partial charge >= 0.3 is 6.03 Å². The molecule has 32 heavy (non-hydrogen) atoms. The number of hydrogen-bond acceptors (Lipinski definition) is 3. The van der Waals surface area contributed by atoms with Crippen LogP contribution in [-0.2, 0) is 0 Å². The maximum absolute atomic E-state index is 13.0. The van der Waals surface area contributed by atoms with Gasteiger partial charge in [-0.05, 0) is 49.7 Å². The number of nitrogens with zero attached hydrogens (tertiary/aromatic N) is 2. The number of anilines is 1. The summed E-state index contributed by atoms with van der Waals surface area (Å²) in [6.45, 7) is 4.22. The van der Waals surface area contributed by atoms with E-state index in [0.717, 1.165) is 12.0 Å². The van der Waals surface area contributed by atoms with Gasteiger partial charge in [-0.1, -0.05) is 48.0 Å². The number of aryl methyl sites for hydroxylation is 1. The van der Waals surface area contributed by atoms with Crippen LogP contribution in [0.3, 0.4) is 0 Å². The molecule has 0 atom stereocenters. The molecular weight excluding hydrogens is 402 g/mol. The third kappa shape index (κ3) is 5.27. The quantitative estimate of drug-likeness (QED) is 0.623. The molecular formula is C26H27N3O3. The summed E-state index contributed by atoms with van der Waals surface area (Å²) in [4.78, 5) is 29.3. The van der Waals surface area contributed by atoms with E-state index in [-0.39, 0.29) is 11.9 Å². The van der Waals surface area contributed by atoms with E-state index in [9.17, 15) is 9.59 Å². The van der Waals surface area contributed by atoms with Crippen molar-refractivity contribution in [3.05, 3.63) is 90.0 Å². The van der Waals surface area contributed by atoms with Crippen LogP contribution >= 0.6 is 0 Å². The summed E-state index contributed by atoms with van der Waals surface area (Å²) >= 11 is 0. The summed E-state index contributed by atoms with van der Waals surface area (Å²) in [6.07, 6.45) is 0.730. The SMILES string of the molecule is Cc1ccc(Oc2ccccc2NC(=O)N2CCCN(C(=O)c3ccccc3)CC2)cc1. The maximum atomic E-state index is 13.0. The first-order valence-corrected chi connectivity index (χ1v) is 10.8. The zero-order valence-corrected chi connectivity index (χ0v) is 18.2. The normalized spacial score (nSPS) is 13.9. The molecule has 4 rings (SSSR count).